The van der Waals surface area contributed by atoms with Crippen molar-refractivity contribution in [3.63, 3.8) is 0 Å². The molecule has 0 saturated carbocycles. The van der Waals surface area contributed by atoms with Crippen molar-refractivity contribution in [2.75, 3.05) is 18.9 Å². The molecule has 0 fully saturated rings. The number of nitrogen functional groups attached to an aromatic ring is 1. The Morgan fingerprint density at radius 2 is 2.29 bits per heavy atom. The fraction of sp³-hybridized carbons (Fsp3) is 0.364. The smallest absolute Gasteiger partial charge is 0.0653 e. The molecule has 1 aromatic heterocycles. The van der Waals surface area contributed by atoms with Gasteiger partial charge in [0, 0.05) is 11.8 Å². The molecule has 3 heteroatoms. The third-order valence-corrected chi connectivity index (χ3v) is 2.56. The predicted molar refractivity (Wildman–Crippen MR) is 56.8 cm³/mol. The molecule has 2 heterocycles. The molecule has 1 aliphatic rings. The van der Waals surface area contributed by atoms with Gasteiger partial charge in [0.05, 0.1) is 25.1 Å². The van der Waals surface area contributed by atoms with Crippen LogP contribution in [0.15, 0.2) is 18.5 Å². The molecule has 0 saturated heterocycles. The molecule has 0 aliphatic carbocycles. The molecule has 0 spiro atoms. The van der Waals surface area contributed by atoms with Gasteiger partial charge in [0.1, 0.15) is 0 Å². The second kappa shape index (κ2) is 3.80. The molecule has 1 aliphatic heterocycles. The third kappa shape index (κ3) is 1.63. The zero-order chi connectivity index (χ0) is 9.97. The number of ether oxygens (including phenoxy) is 1. The molecule has 0 amide bonds. The molecule has 3 nitrogen and oxygen atoms in total. The normalized spacial score (nSPS) is 16.5. The van der Waals surface area contributed by atoms with Crippen LogP contribution in [0, 0.1) is 6.92 Å². The summed E-state index contributed by atoms with van der Waals surface area (Å²) in [5.41, 5.74) is 10.1. The van der Waals surface area contributed by atoms with Crippen LogP contribution in [-0.2, 0) is 4.74 Å². The maximum atomic E-state index is 5.81. The van der Waals surface area contributed by atoms with E-state index in [0.717, 1.165) is 29.8 Å². The Morgan fingerprint density at radius 3 is 3.00 bits per heavy atom. The Balaban J connectivity index is 2.40. The van der Waals surface area contributed by atoms with Gasteiger partial charge in [-0.05, 0) is 24.5 Å². The van der Waals surface area contributed by atoms with Gasteiger partial charge in [-0.25, -0.2) is 0 Å². The van der Waals surface area contributed by atoms with Gasteiger partial charge in [-0.15, -0.1) is 0 Å². The number of hydrogen-bond donors (Lipinski definition) is 1. The largest absolute Gasteiger partial charge is 0.397 e. The summed E-state index contributed by atoms with van der Waals surface area (Å²) < 4.78 is 5.26. The van der Waals surface area contributed by atoms with Crippen molar-refractivity contribution >= 4 is 11.3 Å². The minimum absolute atomic E-state index is 0.698. The first-order valence-corrected chi connectivity index (χ1v) is 4.76. The number of hydrogen-bond acceptors (Lipinski definition) is 3. The standard InChI is InChI=1S/C11H14N2O/c1-8-10(6-13-7-11(8)12)9-2-4-14-5-3-9/h2,6-7H,3-5,12H2,1H3. The summed E-state index contributed by atoms with van der Waals surface area (Å²) in [4.78, 5) is 4.11. The van der Waals surface area contributed by atoms with Crippen molar-refractivity contribution in [3.8, 4) is 0 Å². The lowest BCUT2D eigenvalue weighted by Gasteiger charge is -2.15. The average Bonchev–Trinajstić information content (AvgIpc) is 2.23. The summed E-state index contributed by atoms with van der Waals surface area (Å²) in [5, 5.41) is 0. The average molecular weight is 190 g/mol. The van der Waals surface area contributed by atoms with E-state index in [9.17, 15) is 0 Å². The van der Waals surface area contributed by atoms with E-state index in [2.05, 4.69) is 11.1 Å². The van der Waals surface area contributed by atoms with Crippen LogP contribution < -0.4 is 5.73 Å². The van der Waals surface area contributed by atoms with Gasteiger partial charge in [0.25, 0.3) is 0 Å². The maximum absolute atomic E-state index is 5.81. The fourth-order valence-electron chi connectivity index (χ4n) is 1.64. The Bertz CT molecular complexity index is 372. The van der Waals surface area contributed by atoms with Crippen LogP contribution in [0.3, 0.4) is 0 Å². The van der Waals surface area contributed by atoms with Crippen molar-refractivity contribution < 1.29 is 4.74 Å². The van der Waals surface area contributed by atoms with Gasteiger partial charge in [-0.3, -0.25) is 4.98 Å². The Morgan fingerprint density at radius 1 is 1.43 bits per heavy atom. The molecule has 0 aromatic carbocycles. The van der Waals surface area contributed by atoms with E-state index in [1.165, 1.54) is 5.57 Å². The molecule has 0 atom stereocenters. The first-order chi connectivity index (χ1) is 6.79. The highest BCUT2D eigenvalue weighted by Gasteiger charge is 2.10. The minimum atomic E-state index is 0.698. The third-order valence-electron chi connectivity index (χ3n) is 2.56. The van der Waals surface area contributed by atoms with Gasteiger partial charge >= 0.3 is 0 Å². The number of rotatable bonds is 1. The fourth-order valence-corrected chi connectivity index (χ4v) is 1.64. The molecule has 0 unspecified atom stereocenters. The minimum Gasteiger partial charge on any atom is -0.397 e. The van der Waals surface area contributed by atoms with E-state index in [-0.39, 0.29) is 0 Å². The predicted octanol–water partition coefficient (Wildman–Crippen LogP) is 1.78. The molecule has 14 heavy (non-hydrogen) atoms. The van der Waals surface area contributed by atoms with Crippen molar-refractivity contribution in [2.45, 2.75) is 13.3 Å². The van der Waals surface area contributed by atoms with Gasteiger partial charge in [0.2, 0.25) is 0 Å². The lowest BCUT2D eigenvalue weighted by Crippen LogP contribution is -2.06. The highest BCUT2D eigenvalue weighted by molar-refractivity contribution is 5.71. The molecular formula is C11H14N2O. The van der Waals surface area contributed by atoms with Crippen LogP contribution in [0.2, 0.25) is 0 Å². The molecule has 0 radical (unpaired) electrons. The van der Waals surface area contributed by atoms with E-state index in [1.807, 2.05) is 13.1 Å². The summed E-state index contributed by atoms with van der Waals surface area (Å²) >= 11 is 0. The molecule has 2 N–H and O–H groups in total. The van der Waals surface area contributed by atoms with Crippen molar-refractivity contribution in [1.29, 1.82) is 0 Å². The SMILES string of the molecule is Cc1c(N)cncc1C1=CCOCC1. The molecule has 1 aromatic rings. The first-order valence-electron chi connectivity index (χ1n) is 4.76. The van der Waals surface area contributed by atoms with Crippen LogP contribution >= 0.6 is 0 Å². The molecule has 2 rings (SSSR count). The zero-order valence-electron chi connectivity index (χ0n) is 8.29. The summed E-state index contributed by atoms with van der Waals surface area (Å²) in [6.45, 7) is 3.52. The Hall–Kier alpha value is -1.35. The van der Waals surface area contributed by atoms with E-state index < -0.39 is 0 Å². The first kappa shape index (κ1) is 9.21. The summed E-state index contributed by atoms with van der Waals surface area (Å²) in [5.74, 6) is 0. The van der Waals surface area contributed by atoms with Crippen LogP contribution in [0.1, 0.15) is 17.5 Å². The quantitative estimate of drug-likeness (QED) is 0.734. The summed E-state index contributed by atoms with van der Waals surface area (Å²) in [6, 6.07) is 0. The Labute approximate surface area is 83.6 Å². The summed E-state index contributed by atoms with van der Waals surface area (Å²) in [7, 11) is 0. The van der Waals surface area contributed by atoms with E-state index >= 15 is 0 Å². The van der Waals surface area contributed by atoms with E-state index in [0.29, 0.717) is 6.61 Å². The number of anilines is 1. The maximum Gasteiger partial charge on any atom is 0.0653 e. The number of nitrogens with zero attached hydrogens (tertiary/aromatic N) is 1. The molecule has 74 valence electrons. The number of nitrogens with two attached hydrogens (primary N) is 1. The van der Waals surface area contributed by atoms with Gasteiger partial charge in [-0.1, -0.05) is 6.08 Å². The van der Waals surface area contributed by atoms with Crippen molar-refractivity contribution in [2.24, 2.45) is 0 Å². The Kier molecular flexibility index (Phi) is 2.50. The monoisotopic (exact) mass is 190 g/mol. The molecular weight excluding hydrogens is 176 g/mol. The second-order valence-corrected chi connectivity index (χ2v) is 3.46. The van der Waals surface area contributed by atoms with Gasteiger partial charge in [0.15, 0.2) is 0 Å². The highest BCUT2D eigenvalue weighted by Crippen LogP contribution is 2.25. The molecule has 0 bridgehead atoms. The van der Waals surface area contributed by atoms with Gasteiger partial charge in [-0.2, -0.15) is 0 Å². The van der Waals surface area contributed by atoms with Crippen molar-refractivity contribution in [1.82, 2.24) is 4.98 Å². The van der Waals surface area contributed by atoms with Gasteiger partial charge < -0.3 is 10.5 Å². The topological polar surface area (TPSA) is 48.1 Å². The van der Waals surface area contributed by atoms with Crippen molar-refractivity contribution in [3.05, 3.63) is 29.6 Å². The lowest BCUT2D eigenvalue weighted by molar-refractivity contribution is 0.161. The highest BCUT2D eigenvalue weighted by atomic mass is 16.5. The van der Waals surface area contributed by atoms with Crippen LogP contribution in [0.4, 0.5) is 5.69 Å². The second-order valence-electron chi connectivity index (χ2n) is 3.46. The number of pyridine rings is 1. The van der Waals surface area contributed by atoms with E-state index in [1.54, 1.807) is 6.20 Å². The summed E-state index contributed by atoms with van der Waals surface area (Å²) in [6.07, 6.45) is 6.63. The lowest BCUT2D eigenvalue weighted by atomic mass is 9.98. The van der Waals surface area contributed by atoms with Crippen LogP contribution in [0.5, 0.6) is 0 Å². The zero-order valence-corrected chi connectivity index (χ0v) is 8.29. The van der Waals surface area contributed by atoms with Crippen LogP contribution in [-0.4, -0.2) is 18.2 Å². The number of aromatic nitrogens is 1. The van der Waals surface area contributed by atoms with Crippen LogP contribution in [0.25, 0.3) is 5.57 Å². The van der Waals surface area contributed by atoms with E-state index in [4.69, 9.17) is 10.5 Å².